The van der Waals surface area contributed by atoms with Gasteiger partial charge in [0, 0.05) is 6.42 Å². The Morgan fingerprint density at radius 2 is 2.19 bits per heavy atom. The second-order valence-corrected chi connectivity index (χ2v) is 6.44. The fourth-order valence-corrected chi connectivity index (χ4v) is 2.05. The molecule has 0 N–H and O–H groups in total. The van der Waals surface area contributed by atoms with Crippen LogP contribution in [0, 0.1) is 0 Å². The van der Waals surface area contributed by atoms with Gasteiger partial charge in [-0.05, 0) is 33.1 Å². The molecule has 16 heavy (non-hydrogen) atoms. The Balaban J connectivity index is 2.35. The molecular formula is C11H18O4S. The molecule has 0 aromatic rings. The van der Waals surface area contributed by atoms with Gasteiger partial charge in [-0.2, -0.15) is 8.42 Å². The summed E-state index contributed by atoms with van der Waals surface area (Å²) in [4.78, 5) is 11.4. The van der Waals surface area contributed by atoms with Crippen LogP contribution in [0.1, 0.15) is 39.5 Å². The number of carbonyl (C=O) groups is 1. The monoisotopic (exact) mass is 246 g/mol. The van der Waals surface area contributed by atoms with Crippen molar-refractivity contribution in [2.45, 2.75) is 44.8 Å². The van der Waals surface area contributed by atoms with E-state index in [4.69, 9.17) is 0 Å². The molecule has 1 aliphatic carbocycles. The van der Waals surface area contributed by atoms with Crippen molar-refractivity contribution in [3.8, 4) is 0 Å². The Morgan fingerprint density at radius 3 is 2.69 bits per heavy atom. The highest BCUT2D eigenvalue weighted by Crippen LogP contribution is 2.20. The van der Waals surface area contributed by atoms with E-state index in [1.54, 1.807) is 0 Å². The molecule has 1 rings (SSSR count). The molecule has 0 aromatic carbocycles. The topological polar surface area (TPSA) is 60.4 Å². The van der Waals surface area contributed by atoms with Crippen molar-refractivity contribution < 1.29 is 17.4 Å². The molecule has 0 fully saturated rings. The van der Waals surface area contributed by atoms with Gasteiger partial charge in [0.2, 0.25) is 0 Å². The highest BCUT2D eigenvalue weighted by atomic mass is 32.2. The van der Waals surface area contributed by atoms with Crippen LogP contribution in [0.25, 0.3) is 0 Å². The van der Waals surface area contributed by atoms with Crippen LogP contribution in [0.3, 0.4) is 0 Å². The fourth-order valence-electron chi connectivity index (χ4n) is 1.49. The van der Waals surface area contributed by atoms with Crippen molar-refractivity contribution in [3.05, 3.63) is 11.6 Å². The van der Waals surface area contributed by atoms with Crippen molar-refractivity contribution in [1.82, 2.24) is 0 Å². The minimum Gasteiger partial charge on any atom is -0.297 e. The summed E-state index contributed by atoms with van der Waals surface area (Å²) in [6.45, 7) is 2.72. The highest BCUT2D eigenvalue weighted by Gasteiger charge is 2.19. The highest BCUT2D eigenvalue weighted by molar-refractivity contribution is 7.87. The normalized spacial score (nSPS) is 16.6. The Bertz CT molecular complexity index is 379. The van der Waals surface area contributed by atoms with Crippen LogP contribution in [0.15, 0.2) is 11.6 Å². The van der Waals surface area contributed by atoms with Gasteiger partial charge in [0.05, 0.1) is 5.25 Å². The zero-order chi connectivity index (χ0) is 12.2. The number of Topliss-reactive ketones (excluding diaryl/α,β-unsaturated/α-hetero) is 1. The molecule has 0 saturated carbocycles. The Hall–Kier alpha value is -0.680. The van der Waals surface area contributed by atoms with E-state index in [0.29, 0.717) is 6.42 Å². The third kappa shape index (κ3) is 4.06. The molecule has 4 nitrogen and oxygen atoms in total. The maximum atomic E-state index is 11.4. The summed E-state index contributed by atoms with van der Waals surface area (Å²) in [6.07, 6.45) is 5.44. The van der Waals surface area contributed by atoms with Gasteiger partial charge >= 0.3 is 0 Å². The van der Waals surface area contributed by atoms with Crippen molar-refractivity contribution in [3.63, 3.8) is 0 Å². The molecule has 0 spiro atoms. The average molecular weight is 246 g/mol. The van der Waals surface area contributed by atoms with Gasteiger partial charge in [-0.25, -0.2) is 0 Å². The number of carbonyl (C=O) groups excluding carboxylic acids is 1. The lowest BCUT2D eigenvalue weighted by molar-refractivity contribution is -0.120. The SMILES string of the molecule is CC(C)S(=O)(=O)OCC(=O)CC1=CCCC1. The lowest BCUT2D eigenvalue weighted by Crippen LogP contribution is -2.21. The Kier molecular flexibility index (Phi) is 4.68. The number of hydrogen-bond acceptors (Lipinski definition) is 4. The second kappa shape index (κ2) is 5.59. The lowest BCUT2D eigenvalue weighted by Gasteiger charge is -2.07. The first-order valence-electron chi connectivity index (χ1n) is 5.49. The lowest BCUT2D eigenvalue weighted by atomic mass is 10.1. The fraction of sp³-hybridized carbons (Fsp3) is 0.727. The molecule has 0 amide bonds. The molecule has 0 unspecified atom stereocenters. The predicted molar refractivity (Wildman–Crippen MR) is 61.6 cm³/mol. The van der Waals surface area contributed by atoms with Gasteiger partial charge in [-0.15, -0.1) is 0 Å². The standard InChI is InChI=1S/C11H18O4S/c1-9(2)16(13,14)15-8-11(12)7-10-5-3-4-6-10/h5,9H,3-4,6-8H2,1-2H3. The molecule has 0 saturated heterocycles. The van der Waals surface area contributed by atoms with Crippen LogP contribution < -0.4 is 0 Å². The molecule has 0 aliphatic heterocycles. The van der Waals surface area contributed by atoms with Gasteiger partial charge in [0.25, 0.3) is 10.1 Å². The van der Waals surface area contributed by atoms with E-state index < -0.39 is 15.4 Å². The summed E-state index contributed by atoms with van der Waals surface area (Å²) in [7, 11) is -3.57. The number of allylic oxidation sites excluding steroid dienone is 2. The zero-order valence-corrected chi connectivity index (χ0v) is 10.5. The average Bonchev–Trinajstić information content (AvgIpc) is 2.67. The van der Waals surface area contributed by atoms with E-state index in [9.17, 15) is 13.2 Å². The van der Waals surface area contributed by atoms with Crippen molar-refractivity contribution in [1.29, 1.82) is 0 Å². The van der Waals surface area contributed by atoms with Gasteiger partial charge in [-0.3, -0.25) is 8.98 Å². The van der Waals surface area contributed by atoms with Crippen molar-refractivity contribution in [2.75, 3.05) is 6.61 Å². The van der Waals surface area contributed by atoms with E-state index in [-0.39, 0.29) is 12.4 Å². The summed E-state index contributed by atoms with van der Waals surface area (Å²) < 4.78 is 27.2. The first-order valence-corrected chi connectivity index (χ1v) is 6.97. The minimum absolute atomic E-state index is 0.169. The van der Waals surface area contributed by atoms with Crippen LogP contribution in [0.5, 0.6) is 0 Å². The second-order valence-electron chi connectivity index (χ2n) is 4.27. The molecule has 0 aromatic heterocycles. The number of hydrogen-bond donors (Lipinski definition) is 0. The van der Waals surface area contributed by atoms with Crippen LogP contribution in [0.4, 0.5) is 0 Å². The molecule has 0 heterocycles. The minimum atomic E-state index is -3.57. The van der Waals surface area contributed by atoms with Crippen LogP contribution in [0.2, 0.25) is 0 Å². The number of rotatable bonds is 6. The molecule has 1 aliphatic rings. The van der Waals surface area contributed by atoms with Gasteiger partial charge in [0.1, 0.15) is 6.61 Å². The Morgan fingerprint density at radius 1 is 1.50 bits per heavy atom. The molecule has 0 atom stereocenters. The number of ketones is 1. The summed E-state index contributed by atoms with van der Waals surface area (Å²) in [5.41, 5.74) is 1.11. The van der Waals surface area contributed by atoms with Crippen LogP contribution in [-0.2, 0) is 19.1 Å². The van der Waals surface area contributed by atoms with E-state index >= 15 is 0 Å². The van der Waals surface area contributed by atoms with E-state index in [0.717, 1.165) is 24.8 Å². The molecular weight excluding hydrogens is 228 g/mol. The van der Waals surface area contributed by atoms with Gasteiger partial charge in [-0.1, -0.05) is 11.6 Å². The van der Waals surface area contributed by atoms with Crippen molar-refractivity contribution >= 4 is 15.9 Å². The van der Waals surface area contributed by atoms with Crippen molar-refractivity contribution in [2.24, 2.45) is 0 Å². The quantitative estimate of drug-likeness (QED) is 0.529. The van der Waals surface area contributed by atoms with E-state index in [1.165, 1.54) is 13.8 Å². The third-order valence-corrected chi connectivity index (χ3v) is 4.12. The van der Waals surface area contributed by atoms with Crippen LogP contribution >= 0.6 is 0 Å². The molecule has 0 bridgehead atoms. The van der Waals surface area contributed by atoms with E-state index in [1.807, 2.05) is 0 Å². The third-order valence-electron chi connectivity index (χ3n) is 2.52. The molecule has 92 valence electrons. The smallest absolute Gasteiger partial charge is 0.270 e. The summed E-state index contributed by atoms with van der Waals surface area (Å²) in [6, 6.07) is 0. The Labute approximate surface area is 96.8 Å². The van der Waals surface area contributed by atoms with E-state index in [2.05, 4.69) is 10.3 Å². The largest absolute Gasteiger partial charge is 0.297 e. The van der Waals surface area contributed by atoms with Gasteiger partial charge in [0.15, 0.2) is 5.78 Å². The summed E-state index contributed by atoms with van der Waals surface area (Å²) >= 11 is 0. The molecule has 0 radical (unpaired) electrons. The van der Waals surface area contributed by atoms with Crippen LogP contribution in [-0.4, -0.2) is 26.1 Å². The predicted octanol–water partition coefficient (Wildman–Crippen LogP) is 1.81. The maximum absolute atomic E-state index is 11.4. The summed E-state index contributed by atoms with van der Waals surface area (Å²) in [5, 5.41) is -0.606. The summed E-state index contributed by atoms with van der Waals surface area (Å²) in [5.74, 6) is -0.169. The molecule has 5 heteroatoms. The van der Waals surface area contributed by atoms with Gasteiger partial charge < -0.3 is 0 Å². The maximum Gasteiger partial charge on any atom is 0.270 e. The first kappa shape index (κ1) is 13.4. The zero-order valence-electron chi connectivity index (χ0n) is 9.73. The first-order chi connectivity index (χ1) is 7.42.